The van der Waals surface area contributed by atoms with Crippen LogP contribution in [-0.2, 0) is 5.41 Å². The van der Waals surface area contributed by atoms with Crippen molar-refractivity contribution in [3.63, 3.8) is 0 Å². The number of benzene rings is 1. The van der Waals surface area contributed by atoms with Crippen molar-refractivity contribution in [2.75, 3.05) is 0 Å². The third kappa shape index (κ3) is 4.04. The van der Waals surface area contributed by atoms with Gasteiger partial charge < -0.3 is 0 Å². The zero-order valence-electron chi connectivity index (χ0n) is 15.3. The summed E-state index contributed by atoms with van der Waals surface area (Å²) >= 11 is 0. The van der Waals surface area contributed by atoms with E-state index in [-0.39, 0.29) is 5.41 Å². The summed E-state index contributed by atoms with van der Waals surface area (Å²) in [4.78, 5) is 0. The van der Waals surface area contributed by atoms with Crippen LogP contribution < -0.4 is 0 Å². The lowest BCUT2D eigenvalue weighted by molar-refractivity contribution is 0.192. The Bertz CT molecular complexity index is 623. The van der Waals surface area contributed by atoms with Crippen LogP contribution in [0.25, 0.3) is 0 Å². The molecule has 0 amide bonds. The highest BCUT2D eigenvalue weighted by Gasteiger charge is 2.40. The lowest BCUT2D eigenvalue weighted by Crippen LogP contribution is -2.36. The van der Waals surface area contributed by atoms with Crippen LogP contribution in [0.4, 0.5) is 8.78 Å². The molecular weight excluding hydrogens is 314 g/mol. The first-order valence-electron chi connectivity index (χ1n) is 9.95. The Morgan fingerprint density at radius 3 is 2.44 bits per heavy atom. The average Bonchev–Trinajstić information content (AvgIpc) is 2.65. The Kier molecular flexibility index (Phi) is 6.09. The molecule has 0 aliphatic heterocycles. The molecular formula is C23H30F2. The largest absolute Gasteiger partial charge is 0.204 e. The van der Waals surface area contributed by atoms with Gasteiger partial charge in [0.05, 0.1) is 0 Å². The minimum atomic E-state index is -0.756. The maximum absolute atomic E-state index is 13.9. The lowest BCUT2D eigenvalue weighted by atomic mass is 9.61. The van der Waals surface area contributed by atoms with Crippen molar-refractivity contribution in [1.29, 1.82) is 0 Å². The number of halogens is 2. The third-order valence-electron chi connectivity index (χ3n) is 6.34. The summed E-state index contributed by atoms with van der Waals surface area (Å²) in [7, 11) is 0. The van der Waals surface area contributed by atoms with Gasteiger partial charge in [0.2, 0.25) is 0 Å². The number of hydrogen-bond donors (Lipinski definition) is 0. The zero-order chi connectivity index (χ0) is 17.7. The second kappa shape index (κ2) is 8.29. The van der Waals surface area contributed by atoms with Crippen molar-refractivity contribution in [3.05, 3.63) is 59.7 Å². The molecule has 0 nitrogen and oxygen atoms in total. The fourth-order valence-corrected chi connectivity index (χ4v) is 4.82. The minimum Gasteiger partial charge on any atom is -0.204 e. The minimum absolute atomic E-state index is 0.169. The summed E-state index contributed by atoms with van der Waals surface area (Å²) in [5, 5.41) is 0. The van der Waals surface area contributed by atoms with Gasteiger partial charge >= 0.3 is 0 Å². The number of hydrogen-bond acceptors (Lipinski definition) is 0. The summed E-state index contributed by atoms with van der Waals surface area (Å²) in [6.07, 6.45) is 19.7. The lowest BCUT2D eigenvalue weighted by Gasteiger charge is -2.43. The monoisotopic (exact) mass is 344 g/mol. The molecule has 3 rings (SSSR count). The summed E-state index contributed by atoms with van der Waals surface area (Å²) < 4.78 is 27.3. The van der Waals surface area contributed by atoms with E-state index >= 15 is 0 Å². The van der Waals surface area contributed by atoms with E-state index in [0.717, 1.165) is 17.9 Å². The predicted molar refractivity (Wildman–Crippen MR) is 101 cm³/mol. The van der Waals surface area contributed by atoms with Gasteiger partial charge in [0.15, 0.2) is 11.6 Å². The molecule has 25 heavy (non-hydrogen) atoms. The molecule has 1 unspecified atom stereocenters. The summed E-state index contributed by atoms with van der Waals surface area (Å²) in [6.45, 7) is 2.26. The molecule has 0 aromatic heterocycles. The van der Waals surface area contributed by atoms with Gasteiger partial charge in [0, 0.05) is 5.41 Å². The molecule has 0 bridgehead atoms. The fourth-order valence-electron chi connectivity index (χ4n) is 4.82. The molecule has 2 heteroatoms. The van der Waals surface area contributed by atoms with Gasteiger partial charge in [-0.25, -0.2) is 8.78 Å². The van der Waals surface area contributed by atoms with Gasteiger partial charge in [-0.05, 0) is 48.8 Å². The molecule has 136 valence electrons. The van der Waals surface area contributed by atoms with E-state index in [9.17, 15) is 8.78 Å². The van der Waals surface area contributed by atoms with Crippen molar-refractivity contribution in [1.82, 2.24) is 0 Å². The van der Waals surface area contributed by atoms with Gasteiger partial charge in [-0.2, -0.15) is 0 Å². The summed E-state index contributed by atoms with van der Waals surface area (Å²) in [5.41, 5.74) is 0.763. The van der Waals surface area contributed by atoms with Crippen LogP contribution in [0, 0.1) is 23.5 Å². The van der Waals surface area contributed by atoms with E-state index in [4.69, 9.17) is 0 Å². The first-order chi connectivity index (χ1) is 12.2. The predicted octanol–water partition coefficient (Wildman–Crippen LogP) is 7.11. The van der Waals surface area contributed by atoms with Crippen molar-refractivity contribution < 1.29 is 8.78 Å². The Morgan fingerprint density at radius 2 is 1.80 bits per heavy atom. The number of unbranched alkanes of at least 4 members (excludes halogenated alkanes) is 2. The quantitative estimate of drug-likeness (QED) is 0.483. The van der Waals surface area contributed by atoms with Crippen LogP contribution in [-0.4, -0.2) is 0 Å². The molecule has 0 spiro atoms. The fraction of sp³-hybridized carbons (Fsp3) is 0.565. The van der Waals surface area contributed by atoms with Crippen molar-refractivity contribution in [2.45, 2.75) is 70.1 Å². The third-order valence-corrected chi connectivity index (χ3v) is 6.34. The molecule has 2 aliphatic carbocycles. The number of allylic oxidation sites excluding steroid dienone is 4. The van der Waals surface area contributed by atoms with Crippen molar-refractivity contribution >= 4 is 0 Å². The smallest absolute Gasteiger partial charge is 0.159 e. The van der Waals surface area contributed by atoms with Gasteiger partial charge in [0.1, 0.15) is 0 Å². The normalized spacial score (nSPS) is 29.1. The highest BCUT2D eigenvalue weighted by Crippen LogP contribution is 2.48. The van der Waals surface area contributed by atoms with E-state index in [1.807, 2.05) is 0 Å². The van der Waals surface area contributed by atoms with Crippen LogP contribution in [0.5, 0.6) is 0 Å². The van der Waals surface area contributed by atoms with E-state index < -0.39 is 11.6 Å². The molecule has 1 atom stereocenters. The van der Waals surface area contributed by atoms with E-state index in [1.54, 1.807) is 6.07 Å². The summed E-state index contributed by atoms with van der Waals surface area (Å²) in [5.74, 6) is -0.115. The van der Waals surface area contributed by atoms with Crippen LogP contribution in [0.15, 0.2) is 42.5 Å². The van der Waals surface area contributed by atoms with Gasteiger partial charge in [-0.15, -0.1) is 0 Å². The second-order valence-corrected chi connectivity index (χ2v) is 7.87. The standard InChI is InChI=1S/C23H30F2/c1-2-3-5-8-18-9-11-19(12-10-18)23(15-6-4-7-16-23)20-13-14-21(24)22(25)17-20/h4,6-7,13-15,17-19H,2-3,5,8-12,16H2,1H3/t18-,19-,23?. The zero-order valence-corrected chi connectivity index (χ0v) is 15.3. The Morgan fingerprint density at radius 1 is 1.00 bits per heavy atom. The summed E-state index contributed by atoms with van der Waals surface area (Å²) in [6, 6.07) is 4.50. The maximum Gasteiger partial charge on any atom is 0.159 e. The van der Waals surface area contributed by atoms with E-state index in [2.05, 4.69) is 31.2 Å². The van der Waals surface area contributed by atoms with Crippen LogP contribution in [0.3, 0.4) is 0 Å². The van der Waals surface area contributed by atoms with Gasteiger partial charge in [-0.3, -0.25) is 0 Å². The molecule has 0 saturated heterocycles. The second-order valence-electron chi connectivity index (χ2n) is 7.87. The molecule has 0 radical (unpaired) electrons. The van der Waals surface area contributed by atoms with Crippen LogP contribution in [0.2, 0.25) is 0 Å². The van der Waals surface area contributed by atoms with Gasteiger partial charge in [-0.1, -0.05) is 75.8 Å². The molecule has 1 saturated carbocycles. The number of rotatable bonds is 6. The Balaban J connectivity index is 1.75. The SMILES string of the molecule is CCCCC[C@H]1CC[C@H](C2(c3ccc(F)c(F)c3)C=CC=CC2)CC1. The first kappa shape index (κ1) is 18.4. The highest BCUT2D eigenvalue weighted by molar-refractivity contribution is 5.37. The average molecular weight is 344 g/mol. The van der Waals surface area contributed by atoms with Crippen molar-refractivity contribution in [2.24, 2.45) is 11.8 Å². The molecule has 1 aromatic carbocycles. The molecule has 2 aliphatic rings. The van der Waals surface area contributed by atoms with E-state index in [1.165, 1.54) is 63.5 Å². The topological polar surface area (TPSA) is 0 Å². The highest BCUT2D eigenvalue weighted by atomic mass is 19.2. The van der Waals surface area contributed by atoms with Gasteiger partial charge in [0.25, 0.3) is 0 Å². The van der Waals surface area contributed by atoms with Crippen LogP contribution in [0.1, 0.15) is 70.3 Å². The maximum atomic E-state index is 13.9. The molecule has 1 fully saturated rings. The Hall–Kier alpha value is -1.44. The molecule has 1 aromatic rings. The first-order valence-corrected chi connectivity index (χ1v) is 9.95. The molecule has 0 heterocycles. The molecule has 0 N–H and O–H groups in total. The van der Waals surface area contributed by atoms with E-state index in [0.29, 0.717) is 5.92 Å². The Labute approximate surface area is 151 Å². The van der Waals surface area contributed by atoms with Crippen molar-refractivity contribution in [3.8, 4) is 0 Å². The van der Waals surface area contributed by atoms with Crippen LogP contribution >= 0.6 is 0 Å².